The summed E-state index contributed by atoms with van der Waals surface area (Å²) in [6.45, 7) is 0. The molecule has 2 rings (SSSR count). The molecule has 2 aromatic rings. The van der Waals surface area contributed by atoms with Crippen LogP contribution < -0.4 is 5.32 Å². The Balaban J connectivity index is 2.35. The summed E-state index contributed by atoms with van der Waals surface area (Å²) in [6, 6.07) is 7.95. The quantitative estimate of drug-likeness (QED) is 0.854. The van der Waals surface area contributed by atoms with Gasteiger partial charge in [0.15, 0.2) is 11.6 Å². The van der Waals surface area contributed by atoms with Gasteiger partial charge in [-0.1, -0.05) is 22.0 Å². The fourth-order valence-electron chi connectivity index (χ4n) is 1.34. The highest BCUT2D eigenvalue weighted by atomic mass is 79.9. The monoisotopic (exact) mass is 301 g/mol. The van der Waals surface area contributed by atoms with Gasteiger partial charge in [-0.3, -0.25) is 0 Å². The van der Waals surface area contributed by atoms with Crippen LogP contribution in [0.25, 0.3) is 0 Å². The van der Waals surface area contributed by atoms with E-state index in [1.165, 1.54) is 24.3 Å². The van der Waals surface area contributed by atoms with Gasteiger partial charge in [0.25, 0.3) is 0 Å². The van der Waals surface area contributed by atoms with E-state index in [2.05, 4.69) is 21.2 Å². The maximum Gasteiger partial charge on any atom is 0.182 e. The van der Waals surface area contributed by atoms with Gasteiger partial charge in [-0.15, -0.1) is 0 Å². The molecule has 0 unspecified atom stereocenters. The van der Waals surface area contributed by atoms with Crippen molar-refractivity contribution in [3.63, 3.8) is 0 Å². The number of hydrogen-bond donors (Lipinski definition) is 1. The zero-order valence-corrected chi connectivity index (χ0v) is 10.1. The first-order chi connectivity index (χ1) is 8.08. The second-order valence-electron chi connectivity index (χ2n) is 3.35. The summed E-state index contributed by atoms with van der Waals surface area (Å²) in [5.74, 6) is -2.56. The highest BCUT2D eigenvalue weighted by Crippen LogP contribution is 2.25. The number of hydrogen-bond acceptors (Lipinski definition) is 1. The maximum absolute atomic E-state index is 13.5. The van der Waals surface area contributed by atoms with Crippen molar-refractivity contribution in [3.8, 4) is 0 Å². The summed E-state index contributed by atoms with van der Waals surface area (Å²) in [6.07, 6.45) is 0. The van der Waals surface area contributed by atoms with Crippen LogP contribution in [0.15, 0.2) is 40.9 Å². The van der Waals surface area contributed by atoms with Gasteiger partial charge < -0.3 is 5.32 Å². The molecule has 5 heteroatoms. The van der Waals surface area contributed by atoms with E-state index in [0.717, 1.165) is 6.07 Å². The largest absolute Gasteiger partial charge is 0.351 e. The lowest BCUT2D eigenvalue weighted by Gasteiger charge is -2.09. The van der Waals surface area contributed by atoms with Crippen molar-refractivity contribution in [1.29, 1.82) is 0 Å². The molecule has 0 aliphatic heterocycles. The fraction of sp³-hybridized carbons (Fsp3) is 0. The van der Waals surface area contributed by atoms with Crippen LogP contribution in [-0.2, 0) is 0 Å². The molecule has 0 fully saturated rings. The van der Waals surface area contributed by atoms with Crippen LogP contribution in [0.3, 0.4) is 0 Å². The summed E-state index contributed by atoms with van der Waals surface area (Å²) < 4.78 is 40.3. The van der Waals surface area contributed by atoms with Crippen molar-refractivity contribution in [2.75, 3.05) is 5.32 Å². The van der Waals surface area contributed by atoms with E-state index in [0.29, 0.717) is 4.47 Å². The van der Waals surface area contributed by atoms with Crippen LogP contribution in [-0.4, -0.2) is 0 Å². The average molecular weight is 302 g/mol. The second-order valence-corrected chi connectivity index (χ2v) is 4.27. The van der Waals surface area contributed by atoms with Gasteiger partial charge in [0, 0.05) is 4.47 Å². The molecule has 0 atom stereocenters. The maximum atomic E-state index is 13.5. The molecule has 0 radical (unpaired) electrons. The van der Waals surface area contributed by atoms with Crippen molar-refractivity contribution in [1.82, 2.24) is 0 Å². The van der Waals surface area contributed by atoms with Crippen LogP contribution in [0.1, 0.15) is 0 Å². The molecule has 1 nitrogen and oxygen atoms in total. The second kappa shape index (κ2) is 4.79. The molecular weight excluding hydrogens is 295 g/mol. The van der Waals surface area contributed by atoms with Gasteiger partial charge in [0.2, 0.25) is 0 Å². The van der Waals surface area contributed by atoms with Crippen molar-refractivity contribution in [2.24, 2.45) is 0 Å². The minimum atomic E-state index is -1.03. The zero-order chi connectivity index (χ0) is 12.4. The molecule has 1 N–H and O–H groups in total. The lowest BCUT2D eigenvalue weighted by molar-refractivity contribution is 0.511. The van der Waals surface area contributed by atoms with Crippen LogP contribution in [0.2, 0.25) is 0 Å². The Morgan fingerprint density at radius 2 is 1.65 bits per heavy atom. The zero-order valence-electron chi connectivity index (χ0n) is 8.48. The Bertz CT molecular complexity index is 557. The van der Waals surface area contributed by atoms with E-state index in [-0.39, 0.29) is 11.4 Å². The molecule has 0 aliphatic rings. The van der Waals surface area contributed by atoms with Gasteiger partial charge in [0.1, 0.15) is 5.82 Å². The van der Waals surface area contributed by atoms with E-state index in [1.54, 1.807) is 6.07 Å². The predicted octanol–water partition coefficient (Wildman–Crippen LogP) is 4.61. The van der Waals surface area contributed by atoms with Crippen LogP contribution >= 0.6 is 15.9 Å². The Hall–Kier alpha value is -1.49. The summed E-state index contributed by atoms with van der Waals surface area (Å²) in [4.78, 5) is 0. The molecule has 0 saturated heterocycles. The van der Waals surface area contributed by atoms with E-state index in [9.17, 15) is 13.2 Å². The smallest absolute Gasteiger partial charge is 0.182 e. The Morgan fingerprint density at radius 3 is 2.35 bits per heavy atom. The minimum absolute atomic E-state index is 0.0812. The molecular formula is C12H7BrF3N. The number of rotatable bonds is 2. The first-order valence-electron chi connectivity index (χ1n) is 4.74. The number of benzene rings is 2. The van der Waals surface area contributed by atoms with E-state index < -0.39 is 17.5 Å². The highest BCUT2D eigenvalue weighted by molar-refractivity contribution is 9.10. The third kappa shape index (κ3) is 2.61. The summed E-state index contributed by atoms with van der Waals surface area (Å²) in [5, 5.41) is 2.50. The van der Waals surface area contributed by atoms with Crippen LogP contribution in [0, 0.1) is 17.5 Å². The minimum Gasteiger partial charge on any atom is -0.351 e. The third-order valence-corrected chi connectivity index (χ3v) is 2.65. The Labute approximate surface area is 104 Å². The standard InChI is InChI=1S/C12H7BrF3N/c13-7-4-5-10(9(15)6-7)17-11-3-1-2-8(14)12(11)16/h1-6,17H. The Kier molecular flexibility index (Phi) is 3.38. The summed E-state index contributed by atoms with van der Waals surface area (Å²) in [7, 11) is 0. The average Bonchev–Trinajstić information content (AvgIpc) is 2.28. The number of nitrogens with one attached hydrogen (secondary N) is 1. The first kappa shape index (κ1) is 12.0. The predicted molar refractivity (Wildman–Crippen MR) is 63.7 cm³/mol. The molecule has 0 heterocycles. The van der Waals surface area contributed by atoms with Crippen molar-refractivity contribution >= 4 is 27.3 Å². The topological polar surface area (TPSA) is 12.0 Å². The van der Waals surface area contributed by atoms with Crippen molar-refractivity contribution in [2.45, 2.75) is 0 Å². The molecule has 0 aromatic heterocycles. The van der Waals surface area contributed by atoms with Gasteiger partial charge >= 0.3 is 0 Å². The van der Waals surface area contributed by atoms with Gasteiger partial charge in [-0.2, -0.15) is 0 Å². The summed E-state index contributed by atoms with van der Waals surface area (Å²) >= 11 is 3.11. The fourth-order valence-corrected chi connectivity index (χ4v) is 1.67. The SMILES string of the molecule is Fc1cc(Br)ccc1Nc1cccc(F)c1F. The normalized spacial score (nSPS) is 10.4. The molecule has 2 aromatic carbocycles. The van der Waals surface area contributed by atoms with E-state index in [4.69, 9.17) is 0 Å². The van der Waals surface area contributed by atoms with E-state index in [1.807, 2.05) is 0 Å². The molecule has 17 heavy (non-hydrogen) atoms. The highest BCUT2D eigenvalue weighted by Gasteiger charge is 2.09. The van der Waals surface area contributed by atoms with Crippen LogP contribution in [0.4, 0.5) is 24.5 Å². The van der Waals surface area contributed by atoms with Gasteiger partial charge in [-0.25, -0.2) is 13.2 Å². The Morgan fingerprint density at radius 1 is 0.882 bits per heavy atom. The van der Waals surface area contributed by atoms with Crippen molar-refractivity contribution in [3.05, 3.63) is 58.3 Å². The lowest BCUT2D eigenvalue weighted by atomic mass is 10.2. The third-order valence-electron chi connectivity index (χ3n) is 2.15. The molecule has 0 amide bonds. The molecule has 0 aliphatic carbocycles. The first-order valence-corrected chi connectivity index (χ1v) is 5.53. The molecule has 88 valence electrons. The molecule has 0 bridgehead atoms. The molecule has 0 spiro atoms. The van der Waals surface area contributed by atoms with E-state index >= 15 is 0 Å². The lowest BCUT2D eigenvalue weighted by Crippen LogP contribution is -1.98. The van der Waals surface area contributed by atoms with Crippen LogP contribution in [0.5, 0.6) is 0 Å². The van der Waals surface area contributed by atoms with Crippen molar-refractivity contribution < 1.29 is 13.2 Å². The van der Waals surface area contributed by atoms with Gasteiger partial charge in [-0.05, 0) is 30.3 Å². The number of halogens is 4. The number of anilines is 2. The van der Waals surface area contributed by atoms with Gasteiger partial charge in [0.05, 0.1) is 11.4 Å². The molecule has 0 saturated carbocycles. The summed E-state index contributed by atoms with van der Waals surface area (Å²) in [5.41, 5.74) is -0.0241.